The number of nitro benzene ring substituents is 1. The quantitative estimate of drug-likeness (QED) is 0.490. The zero-order chi connectivity index (χ0) is 19.8. The van der Waals surface area contributed by atoms with Crippen molar-refractivity contribution < 1.29 is 19.3 Å². The molecule has 1 aromatic rings. The maximum atomic E-state index is 12.9. The van der Waals surface area contributed by atoms with Gasteiger partial charge in [-0.3, -0.25) is 24.6 Å². The molecule has 0 spiro atoms. The monoisotopic (exact) mass is 374 g/mol. The van der Waals surface area contributed by atoms with Crippen LogP contribution in [-0.4, -0.2) is 51.7 Å². The van der Waals surface area contributed by atoms with Crippen molar-refractivity contribution in [2.45, 2.75) is 44.7 Å². The molecular formula is C18H22N4O5. The van der Waals surface area contributed by atoms with E-state index in [1.807, 2.05) is 6.92 Å². The van der Waals surface area contributed by atoms with Crippen molar-refractivity contribution in [1.82, 2.24) is 15.1 Å². The number of hydrogen-bond acceptors (Lipinski definition) is 5. The average molecular weight is 374 g/mol. The highest BCUT2D eigenvalue weighted by Crippen LogP contribution is 2.30. The Balaban J connectivity index is 1.77. The maximum Gasteiger partial charge on any atom is 0.325 e. The first kappa shape index (κ1) is 18.8. The zero-order valence-corrected chi connectivity index (χ0v) is 15.3. The fourth-order valence-corrected chi connectivity index (χ4v) is 3.65. The molecule has 144 valence electrons. The number of hydrogen-bond donors (Lipinski definition) is 1. The highest BCUT2D eigenvalue weighted by atomic mass is 16.6. The number of nitro groups is 1. The second-order valence-corrected chi connectivity index (χ2v) is 7.18. The van der Waals surface area contributed by atoms with Crippen LogP contribution in [0.5, 0.6) is 0 Å². The first-order chi connectivity index (χ1) is 12.7. The van der Waals surface area contributed by atoms with Crippen molar-refractivity contribution >= 4 is 23.5 Å². The van der Waals surface area contributed by atoms with Gasteiger partial charge in [0.2, 0.25) is 5.91 Å². The van der Waals surface area contributed by atoms with Crippen molar-refractivity contribution in [1.29, 1.82) is 0 Å². The summed E-state index contributed by atoms with van der Waals surface area (Å²) >= 11 is 0. The summed E-state index contributed by atoms with van der Waals surface area (Å²) in [5.74, 6) is -0.794. The largest absolute Gasteiger partial charge is 0.338 e. The number of benzene rings is 1. The van der Waals surface area contributed by atoms with Gasteiger partial charge in [-0.15, -0.1) is 0 Å². The number of piperidine rings is 1. The summed E-state index contributed by atoms with van der Waals surface area (Å²) in [7, 11) is 0. The summed E-state index contributed by atoms with van der Waals surface area (Å²) < 4.78 is 0. The van der Waals surface area contributed by atoms with E-state index in [4.69, 9.17) is 0 Å². The van der Waals surface area contributed by atoms with Crippen LogP contribution in [0.1, 0.15) is 38.7 Å². The summed E-state index contributed by atoms with van der Waals surface area (Å²) in [5, 5.41) is 13.4. The molecule has 0 aromatic heterocycles. The van der Waals surface area contributed by atoms with Gasteiger partial charge in [0.25, 0.3) is 11.6 Å². The molecule has 2 saturated heterocycles. The number of non-ortho nitro benzene ring substituents is 1. The number of carbonyl (C=O) groups is 3. The lowest BCUT2D eigenvalue weighted by molar-refractivity contribution is -0.384. The van der Waals surface area contributed by atoms with E-state index in [9.17, 15) is 24.5 Å². The van der Waals surface area contributed by atoms with E-state index in [-0.39, 0.29) is 24.2 Å². The van der Waals surface area contributed by atoms with E-state index in [1.165, 1.54) is 31.2 Å². The van der Waals surface area contributed by atoms with Crippen molar-refractivity contribution in [2.75, 3.05) is 13.1 Å². The molecule has 2 heterocycles. The van der Waals surface area contributed by atoms with Crippen LogP contribution < -0.4 is 5.32 Å². The number of nitrogens with one attached hydrogen (secondary N) is 1. The Bertz CT molecular complexity index is 793. The molecule has 0 aliphatic carbocycles. The van der Waals surface area contributed by atoms with Crippen molar-refractivity contribution in [3.63, 3.8) is 0 Å². The number of imide groups is 1. The van der Waals surface area contributed by atoms with Gasteiger partial charge in [0.05, 0.1) is 4.92 Å². The third kappa shape index (κ3) is 3.36. The van der Waals surface area contributed by atoms with Gasteiger partial charge in [0.1, 0.15) is 12.1 Å². The predicted octanol–water partition coefficient (Wildman–Crippen LogP) is 1.76. The first-order valence-electron chi connectivity index (χ1n) is 8.92. The van der Waals surface area contributed by atoms with Crippen LogP contribution in [0.4, 0.5) is 10.5 Å². The van der Waals surface area contributed by atoms with Gasteiger partial charge in [0, 0.05) is 24.7 Å². The van der Waals surface area contributed by atoms with Crippen LogP contribution in [-0.2, 0) is 15.1 Å². The van der Waals surface area contributed by atoms with Crippen molar-refractivity contribution in [3.8, 4) is 0 Å². The predicted molar refractivity (Wildman–Crippen MR) is 95.7 cm³/mol. The Morgan fingerprint density at radius 3 is 2.56 bits per heavy atom. The lowest BCUT2D eigenvalue weighted by Crippen LogP contribution is -2.48. The third-order valence-electron chi connectivity index (χ3n) is 5.35. The van der Waals surface area contributed by atoms with Gasteiger partial charge in [-0.2, -0.15) is 0 Å². The molecule has 27 heavy (non-hydrogen) atoms. The fraction of sp³-hybridized carbons (Fsp3) is 0.500. The highest BCUT2D eigenvalue weighted by molar-refractivity contribution is 6.09. The van der Waals surface area contributed by atoms with E-state index in [1.54, 1.807) is 4.90 Å². The molecule has 4 amide bonds. The van der Waals surface area contributed by atoms with Crippen LogP contribution in [0.15, 0.2) is 24.3 Å². The van der Waals surface area contributed by atoms with Crippen LogP contribution in [0.25, 0.3) is 0 Å². The molecule has 2 aliphatic rings. The Kier molecular flexibility index (Phi) is 4.86. The number of likely N-dealkylation sites (tertiary alicyclic amines) is 1. The smallest absolute Gasteiger partial charge is 0.325 e. The minimum absolute atomic E-state index is 0.0908. The summed E-state index contributed by atoms with van der Waals surface area (Å²) in [4.78, 5) is 50.8. The molecule has 2 atom stereocenters. The summed E-state index contributed by atoms with van der Waals surface area (Å²) in [6.45, 7) is 3.81. The Hall–Kier alpha value is -2.97. The van der Waals surface area contributed by atoms with Gasteiger partial charge in [-0.25, -0.2) is 4.79 Å². The minimum atomic E-state index is -1.36. The van der Waals surface area contributed by atoms with Gasteiger partial charge < -0.3 is 10.2 Å². The molecule has 2 aliphatic heterocycles. The minimum Gasteiger partial charge on any atom is -0.338 e. The topological polar surface area (TPSA) is 113 Å². The third-order valence-corrected chi connectivity index (χ3v) is 5.35. The maximum absolute atomic E-state index is 12.9. The highest BCUT2D eigenvalue weighted by Gasteiger charge is 2.50. The summed E-state index contributed by atoms with van der Waals surface area (Å²) in [5.41, 5.74) is -1.04. The molecule has 1 N–H and O–H groups in total. The number of rotatable bonds is 4. The van der Waals surface area contributed by atoms with Crippen LogP contribution in [0, 0.1) is 10.1 Å². The summed E-state index contributed by atoms with van der Waals surface area (Å²) in [6, 6.07) is 4.89. The van der Waals surface area contributed by atoms with E-state index >= 15 is 0 Å². The van der Waals surface area contributed by atoms with Crippen LogP contribution >= 0.6 is 0 Å². The van der Waals surface area contributed by atoms with Gasteiger partial charge in [0.15, 0.2) is 0 Å². The SMILES string of the molecule is C[C@@H]1CCCCN1C(=O)CN1C(=O)N[C@](C)(c2ccc([N+](=O)[O-])cc2)C1=O. The van der Waals surface area contributed by atoms with E-state index < -0.39 is 22.4 Å². The molecular weight excluding hydrogens is 352 g/mol. The van der Waals surface area contributed by atoms with Crippen molar-refractivity contribution in [3.05, 3.63) is 39.9 Å². The van der Waals surface area contributed by atoms with Gasteiger partial charge in [-0.05, 0) is 50.8 Å². The standard InChI is InChI=1S/C18H22N4O5/c1-12-5-3-4-10-20(12)15(23)11-21-16(24)18(2,19-17(21)25)13-6-8-14(9-7-13)22(26)27/h6-9,12H,3-5,10-11H2,1-2H3,(H,19,25)/t12-,18-/m1/s1. The molecule has 9 heteroatoms. The lowest BCUT2D eigenvalue weighted by Gasteiger charge is -2.34. The Labute approximate surface area is 156 Å². The number of nitrogens with zero attached hydrogens (tertiary/aromatic N) is 3. The van der Waals surface area contributed by atoms with Gasteiger partial charge >= 0.3 is 6.03 Å². The second kappa shape index (κ2) is 6.98. The molecule has 0 unspecified atom stereocenters. The number of urea groups is 1. The second-order valence-electron chi connectivity index (χ2n) is 7.18. The van der Waals surface area contributed by atoms with Crippen LogP contribution in [0.3, 0.4) is 0 Å². The molecule has 3 rings (SSSR count). The zero-order valence-electron chi connectivity index (χ0n) is 15.3. The molecule has 0 radical (unpaired) electrons. The van der Waals surface area contributed by atoms with E-state index in [0.29, 0.717) is 12.1 Å². The molecule has 0 saturated carbocycles. The number of carbonyl (C=O) groups excluding carboxylic acids is 3. The normalized spacial score (nSPS) is 25.5. The average Bonchev–Trinajstić information content (AvgIpc) is 2.86. The van der Waals surface area contributed by atoms with E-state index in [2.05, 4.69) is 5.32 Å². The van der Waals surface area contributed by atoms with Crippen molar-refractivity contribution in [2.24, 2.45) is 0 Å². The first-order valence-corrected chi connectivity index (χ1v) is 8.92. The molecule has 1 aromatic carbocycles. The fourth-order valence-electron chi connectivity index (χ4n) is 3.65. The van der Waals surface area contributed by atoms with Crippen LogP contribution in [0.2, 0.25) is 0 Å². The van der Waals surface area contributed by atoms with Gasteiger partial charge in [-0.1, -0.05) is 0 Å². The molecule has 9 nitrogen and oxygen atoms in total. The molecule has 0 bridgehead atoms. The molecule has 2 fully saturated rings. The number of amides is 4. The summed E-state index contributed by atoms with van der Waals surface area (Å²) in [6.07, 6.45) is 2.88. The Morgan fingerprint density at radius 2 is 1.96 bits per heavy atom. The Morgan fingerprint density at radius 1 is 1.30 bits per heavy atom. The lowest BCUT2D eigenvalue weighted by atomic mass is 9.92. The van der Waals surface area contributed by atoms with E-state index in [0.717, 1.165) is 24.2 Å².